The van der Waals surface area contributed by atoms with Gasteiger partial charge >= 0.3 is 0 Å². The molecule has 0 saturated carbocycles. The van der Waals surface area contributed by atoms with Gasteiger partial charge in [0.05, 0.1) is 11.5 Å². The van der Waals surface area contributed by atoms with Crippen molar-refractivity contribution in [3.63, 3.8) is 0 Å². The van der Waals surface area contributed by atoms with E-state index < -0.39 is 11.4 Å². The summed E-state index contributed by atoms with van der Waals surface area (Å²) in [4.78, 5) is 10.3. The van der Waals surface area contributed by atoms with Crippen molar-refractivity contribution in [2.24, 2.45) is 0 Å². The largest absolute Gasteiger partial charge is 0.440 e. The van der Waals surface area contributed by atoms with Gasteiger partial charge in [0.2, 0.25) is 0 Å². The van der Waals surface area contributed by atoms with Gasteiger partial charge in [0.1, 0.15) is 5.75 Å². The van der Waals surface area contributed by atoms with Crippen molar-refractivity contribution < 1.29 is 14.0 Å². The number of nitro groups is 1. The number of rotatable bonds is 6. The first kappa shape index (κ1) is 15.6. The lowest BCUT2D eigenvalue weighted by Gasteiger charge is -2.22. The fourth-order valence-corrected chi connectivity index (χ4v) is 4.20. The first-order valence-electron chi connectivity index (χ1n) is 6.29. The van der Waals surface area contributed by atoms with E-state index in [2.05, 4.69) is 0 Å². The molecule has 0 aliphatic carbocycles. The Kier molecular flexibility index (Phi) is 5.07. The Morgan fingerprint density at radius 1 is 1.14 bits per heavy atom. The Bertz CT molecular complexity index is 660. The van der Waals surface area contributed by atoms with Crippen LogP contribution in [0.2, 0.25) is 0 Å². The van der Waals surface area contributed by atoms with E-state index in [4.69, 9.17) is 20.9 Å². The van der Waals surface area contributed by atoms with Gasteiger partial charge in [0.15, 0.2) is 0 Å². The molecule has 0 amide bonds. The fraction of sp³-hybridized carbons (Fsp3) is 0.143. The second kappa shape index (κ2) is 6.80. The van der Waals surface area contributed by atoms with Gasteiger partial charge in [-0.25, -0.2) is 0 Å². The summed E-state index contributed by atoms with van der Waals surface area (Å²) in [6.45, 7) is -0.495. The van der Waals surface area contributed by atoms with E-state index >= 15 is 0 Å². The average Bonchev–Trinajstić information content (AvgIpc) is 2.48. The molecule has 0 aliphatic rings. The Morgan fingerprint density at radius 2 is 1.76 bits per heavy atom. The van der Waals surface area contributed by atoms with Gasteiger partial charge in [0, 0.05) is 17.4 Å². The Balaban J connectivity index is 2.33. The number of hydrogen-bond acceptors (Lipinski definition) is 5. The van der Waals surface area contributed by atoms with Crippen LogP contribution < -0.4 is 9.83 Å². The van der Waals surface area contributed by atoms with Crippen molar-refractivity contribution in [1.82, 2.24) is 0 Å². The molecule has 2 rings (SSSR count). The maximum Gasteiger partial charge on any atom is 0.269 e. The second-order valence-electron chi connectivity index (χ2n) is 4.09. The lowest BCUT2D eigenvalue weighted by atomic mass is 10.3. The minimum Gasteiger partial charge on any atom is -0.440 e. The lowest BCUT2D eigenvalue weighted by Crippen LogP contribution is -2.12. The van der Waals surface area contributed by atoms with Crippen molar-refractivity contribution in [3.8, 4) is 5.75 Å². The predicted octanol–water partition coefficient (Wildman–Crippen LogP) is 3.65. The third-order valence-electron chi connectivity index (χ3n) is 2.64. The summed E-state index contributed by atoms with van der Waals surface area (Å²) in [6.07, 6.45) is 0. The molecular weight excluding hydrogens is 309 g/mol. The van der Waals surface area contributed by atoms with E-state index in [1.165, 1.54) is 12.1 Å². The number of benzene rings is 2. The first-order chi connectivity index (χ1) is 10.0. The number of nitro benzene ring substituents is 1. The highest BCUT2D eigenvalue weighted by atomic mass is 32.5. The lowest BCUT2D eigenvalue weighted by molar-refractivity contribution is -0.384. The van der Waals surface area contributed by atoms with Gasteiger partial charge < -0.3 is 9.05 Å². The van der Waals surface area contributed by atoms with E-state index in [9.17, 15) is 10.1 Å². The number of para-hydroxylation sites is 1. The molecule has 0 radical (unpaired) electrons. The highest BCUT2D eigenvalue weighted by molar-refractivity contribution is 8.13. The van der Waals surface area contributed by atoms with E-state index in [0.717, 1.165) is 0 Å². The van der Waals surface area contributed by atoms with Crippen molar-refractivity contribution in [1.29, 1.82) is 0 Å². The van der Waals surface area contributed by atoms with Crippen LogP contribution in [-0.2, 0) is 16.3 Å². The highest BCUT2D eigenvalue weighted by Crippen LogP contribution is 2.47. The summed E-state index contributed by atoms with van der Waals surface area (Å²) in [7, 11) is 0. The van der Waals surface area contributed by atoms with Crippen molar-refractivity contribution in [2.75, 3.05) is 6.61 Å². The molecule has 7 heteroatoms. The summed E-state index contributed by atoms with van der Waals surface area (Å²) in [5.74, 6) is 0.618. The zero-order valence-electron chi connectivity index (χ0n) is 11.3. The molecule has 110 valence electrons. The fourth-order valence-electron chi connectivity index (χ4n) is 1.70. The Labute approximate surface area is 127 Å². The van der Waals surface area contributed by atoms with E-state index in [0.29, 0.717) is 17.7 Å². The SMILES string of the molecule is CCOP(=S)(Oc1ccccc1)c1ccc([N+](=O)[O-])cc1. The average molecular weight is 323 g/mol. The molecule has 5 nitrogen and oxygen atoms in total. The molecule has 2 aromatic carbocycles. The molecule has 1 atom stereocenters. The minimum absolute atomic E-state index is 0.0107. The van der Waals surface area contributed by atoms with Crippen LogP contribution in [0.4, 0.5) is 5.69 Å². The van der Waals surface area contributed by atoms with Gasteiger partial charge in [-0.05, 0) is 43.0 Å². The van der Waals surface area contributed by atoms with Gasteiger partial charge in [-0.15, -0.1) is 0 Å². The third-order valence-corrected chi connectivity index (χ3v) is 5.80. The van der Waals surface area contributed by atoms with Crippen molar-refractivity contribution >= 4 is 29.3 Å². The summed E-state index contributed by atoms with van der Waals surface area (Å²) < 4.78 is 11.5. The van der Waals surface area contributed by atoms with E-state index in [-0.39, 0.29) is 5.69 Å². The van der Waals surface area contributed by atoms with Crippen LogP contribution in [0.15, 0.2) is 54.6 Å². The monoisotopic (exact) mass is 323 g/mol. The molecule has 2 aromatic rings. The van der Waals surface area contributed by atoms with Gasteiger partial charge in [-0.3, -0.25) is 10.1 Å². The molecule has 0 aromatic heterocycles. The number of nitrogens with zero attached hydrogens (tertiary/aromatic N) is 1. The quantitative estimate of drug-likeness (QED) is 0.461. The zero-order chi connectivity index (χ0) is 15.3. The standard InChI is InChI=1S/C14H14NO4PS/c1-2-18-20(21,19-13-6-4-3-5-7-13)14-10-8-12(9-11-14)15(16)17/h3-11H,2H2,1H3. The van der Waals surface area contributed by atoms with Crippen LogP contribution in [0.5, 0.6) is 5.75 Å². The van der Waals surface area contributed by atoms with Crippen LogP contribution in [0.3, 0.4) is 0 Å². The molecule has 0 heterocycles. The van der Waals surface area contributed by atoms with Gasteiger partial charge in [-0.1, -0.05) is 18.2 Å². The molecule has 0 N–H and O–H groups in total. The van der Waals surface area contributed by atoms with E-state index in [1.54, 1.807) is 24.3 Å². The molecule has 0 bridgehead atoms. The van der Waals surface area contributed by atoms with Crippen LogP contribution in [0, 0.1) is 10.1 Å². The molecule has 0 saturated heterocycles. The summed E-state index contributed by atoms with van der Waals surface area (Å²) >= 11 is 5.56. The maximum atomic E-state index is 10.7. The molecule has 0 aliphatic heterocycles. The van der Waals surface area contributed by atoms with Crippen molar-refractivity contribution in [3.05, 3.63) is 64.7 Å². The smallest absolute Gasteiger partial charge is 0.269 e. The first-order valence-corrected chi connectivity index (χ1v) is 8.93. The summed E-state index contributed by atoms with van der Waals surface area (Å²) in [5, 5.41) is 11.4. The zero-order valence-corrected chi connectivity index (χ0v) is 13.0. The summed E-state index contributed by atoms with van der Waals surface area (Å²) in [6, 6.07) is 15.2. The highest BCUT2D eigenvalue weighted by Gasteiger charge is 2.24. The number of hydrogen-bond donors (Lipinski definition) is 0. The third kappa shape index (κ3) is 3.88. The molecular formula is C14H14NO4PS. The minimum atomic E-state index is -2.73. The normalized spacial score (nSPS) is 13.4. The summed E-state index contributed by atoms with van der Waals surface area (Å²) in [5.41, 5.74) is 0.0107. The van der Waals surface area contributed by atoms with Crippen LogP contribution in [0.25, 0.3) is 0 Å². The van der Waals surface area contributed by atoms with Crippen LogP contribution in [-0.4, -0.2) is 11.5 Å². The van der Waals surface area contributed by atoms with E-state index in [1.807, 2.05) is 25.1 Å². The maximum absolute atomic E-state index is 10.7. The molecule has 0 spiro atoms. The predicted molar refractivity (Wildman–Crippen MR) is 85.7 cm³/mol. The topological polar surface area (TPSA) is 61.6 Å². The van der Waals surface area contributed by atoms with Crippen LogP contribution >= 0.6 is 6.49 Å². The van der Waals surface area contributed by atoms with Gasteiger partial charge in [0.25, 0.3) is 12.2 Å². The van der Waals surface area contributed by atoms with Gasteiger partial charge in [-0.2, -0.15) is 0 Å². The van der Waals surface area contributed by atoms with Crippen molar-refractivity contribution in [2.45, 2.75) is 6.92 Å². The molecule has 21 heavy (non-hydrogen) atoms. The Morgan fingerprint density at radius 3 is 2.29 bits per heavy atom. The van der Waals surface area contributed by atoms with Crippen LogP contribution in [0.1, 0.15) is 6.92 Å². The Hall–Kier alpha value is -1.75. The number of non-ortho nitro benzene ring substituents is 1. The molecule has 1 unspecified atom stereocenters. The second-order valence-corrected chi connectivity index (χ2v) is 7.49. The molecule has 0 fully saturated rings.